The lowest BCUT2D eigenvalue weighted by Crippen LogP contribution is -2.19. The Morgan fingerprint density at radius 2 is 2.00 bits per heavy atom. The van der Waals surface area contributed by atoms with Crippen LogP contribution in [0.1, 0.15) is 39.2 Å². The molecule has 1 aromatic carbocycles. The van der Waals surface area contributed by atoms with Crippen LogP contribution in [-0.4, -0.2) is 26.4 Å². The van der Waals surface area contributed by atoms with Gasteiger partial charge in [-0.15, -0.1) is 0 Å². The van der Waals surface area contributed by atoms with Crippen molar-refractivity contribution in [2.24, 2.45) is 5.92 Å². The second-order valence-electron chi connectivity index (χ2n) is 5.57. The number of ether oxygens (including phenoxy) is 2. The van der Waals surface area contributed by atoms with Gasteiger partial charge in [0.25, 0.3) is 0 Å². The van der Waals surface area contributed by atoms with Crippen molar-refractivity contribution in [3.63, 3.8) is 0 Å². The average molecular weight is 358 g/mol. The van der Waals surface area contributed by atoms with Gasteiger partial charge in [0.15, 0.2) is 0 Å². The highest BCUT2D eigenvalue weighted by Crippen LogP contribution is 2.29. The van der Waals surface area contributed by atoms with Gasteiger partial charge in [-0.1, -0.05) is 39.3 Å². The minimum absolute atomic E-state index is 0.587. The van der Waals surface area contributed by atoms with Crippen molar-refractivity contribution in [1.82, 2.24) is 5.32 Å². The van der Waals surface area contributed by atoms with Crippen molar-refractivity contribution >= 4 is 15.9 Å². The van der Waals surface area contributed by atoms with Crippen molar-refractivity contribution in [3.8, 4) is 5.75 Å². The molecule has 0 heterocycles. The van der Waals surface area contributed by atoms with E-state index in [-0.39, 0.29) is 0 Å². The van der Waals surface area contributed by atoms with E-state index in [4.69, 9.17) is 9.47 Å². The minimum atomic E-state index is 0.587. The summed E-state index contributed by atoms with van der Waals surface area (Å²) in [5.74, 6) is 1.57. The van der Waals surface area contributed by atoms with Crippen molar-refractivity contribution in [3.05, 3.63) is 28.2 Å². The molecule has 21 heavy (non-hydrogen) atoms. The summed E-state index contributed by atoms with van der Waals surface area (Å²) in [6, 6.07) is 6.16. The molecule has 120 valence electrons. The van der Waals surface area contributed by atoms with E-state index >= 15 is 0 Å². The van der Waals surface area contributed by atoms with Crippen LogP contribution in [0.4, 0.5) is 0 Å². The number of hydrogen-bond donors (Lipinski definition) is 1. The van der Waals surface area contributed by atoms with E-state index in [1.165, 1.54) is 5.56 Å². The Bertz CT molecular complexity index is 396. The van der Waals surface area contributed by atoms with E-state index in [9.17, 15) is 0 Å². The number of unbranched alkanes of at least 4 members (excludes halogenated alkanes) is 1. The average Bonchev–Trinajstić information content (AvgIpc) is 2.44. The van der Waals surface area contributed by atoms with Crippen LogP contribution in [0.15, 0.2) is 22.7 Å². The molecule has 0 radical (unpaired) electrons. The molecule has 0 saturated heterocycles. The Balaban J connectivity index is 2.43. The van der Waals surface area contributed by atoms with Crippen molar-refractivity contribution < 1.29 is 9.47 Å². The fourth-order valence-corrected chi connectivity index (χ4v) is 2.42. The third kappa shape index (κ3) is 7.84. The van der Waals surface area contributed by atoms with E-state index in [2.05, 4.69) is 48.1 Å². The number of halogens is 1. The summed E-state index contributed by atoms with van der Waals surface area (Å²) in [5.41, 5.74) is 1.18. The molecule has 1 N–H and O–H groups in total. The van der Waals surface area contributed by atoms with E-state index in [1.54, 1.807) is 0 Å². The maximum atomic E-state index is 5.89. The number of rotatable bonds is 11. The minimum Gasteiger partial charge on any atom is -0.490 e. The Kier molecular flexibility index (Phi) is 9.72. The van der Waals surface area contributed by atoms with Crippen LogP contribution < -0.4 is 10.1 Å². The highest BCUT2D eigenvalue weighted by molar-refractivity contribution is 9.10. The molecule has 0 saturated carbocycles. The number of hydrogen-bond acceptors (Lipinski definition) is 3. The molecule has 0 aliphatic carbocycles. The van der Waals surface area contributed by atoms with Crippen LogP contribution in [0.2, 0.25) is 0 Å². The summed E-state index contributed by atoms with van der Waals surface area (Å²) in [4.78, 5) is 0. The monoisotopic (exact) mass is 357 g/mol. The van der Waals surface area contributed by atoms with Gasteiger partial charge in [-0.25, -0.2) is 0 Å². The molecule has 0 aliphatic heterocycles. The number of nitrogens with one attached hydrogen (secondary N) is 1. The third-order valence-electron chi connectivity index (χ3n) is 3.03. The van der Waals surface area contributed by atoms with Gasteiger partial charge in [0.2, 0.25) is 0 Å². The van der Waals surface area contributed by atoms with Crippen LogP contribution in [0.25, 0.3) is 0 Å². The largest absolute Gasteiger partial charge is 0.490 e. The van der Waals surface area contributed by atoms with Gasteiger partial charge in [-0.2, -0.15) is 0 Å². The normalized spacial score (nSPS) is 11.1. The molecule has 4 heteroatoms. The second-order valence-corrected chi connectivity index (χ2v) is 6.42. The summed E-state index contributed by atoms with van der Waals surface area (Å²) in [6.45, 7) is 10.5. The lowest BCUT2D eigenvalue weighted by atomic mass is 10.2. The lowest BCUT2D eigenvalue weighted by Gasteiger charge is -2.15. The Hall–Kier alpha value is -0.580. The molecule has 0 bridgehead atoms. The van der Waals surface area contributed by atoms with Gasteiger partial charge < -0.3 is 14.8 Å². The van der Waals surface area contributed by atoms with E-state index in [0.717, 1.165) is 42.8 Å². The zero-order chi connectivity index (χ0) is 15.5. The Labute approximate surface area is 137 Å². The topological polar surface area (TPSA) is 30.5 Å². The van der Waals surface area contributed by atoms with Crippen LogP contribution in [0, 0.1) is 5.92 Å². The summed E-state index contributed by atoms with van der Waals surface area (Å²) in [7, 11) is 0. The van der Waals surface area contributed by atoms with Gasteiger partial charge in [0, 0.05) is 18.7 Å². The fraction of sp³-hybridized carbons (Fsp3) is 0.647. The van der Waals surface area contributed by atoms with Gasteiger partial charge >= 0.3 is 0 Å². The molecule has 0 amide bonds. The summed E-state index contributed by atoms with van der Waals surface area (Å²) < 4.78 is 12.4. The highest BCUT2D eigenvalue weighted by Gasteiger charge is 2.08. The molecule has 1 aromatic rings. The first-order valence-electron chi connectivity index (χ1n) is 7.83. The van der Waals surface area contributed by atoms with E-state index in [0.29, 0.717) is 19.1 Å². The first-order valence-corrected chi connectivity index (χ1v) is 8.63. The molecular formula is C17H28BrNO2. The Morgan fingerprint density at radius 3 is 2.71 bits per heavy atom. The SMILES string of the molecule is CCCCOCCOc1c(Br)cccc1CNCC(C)C. The predicted molar refractivity (Wildman–Crippen MR) is 91.9 cm³/mol. The maximum Gasteiger partial charge on any atom is 0.138 e. The third-order valence-corrected chi connectivity index (χ3v) is 3.66. The lowest BCUT2D eigenvalue weighted by molar-refractivity contribution is 0.0974. The van der Waals surface area contributed by atoms with Crippen molar-refractivity contribution in [2.75, 3.05) is 26.4 Å². The zero-order valence-corrected chi connectivity index (χ0v) is 15.0. The Morgan fingerprint density at radius 1 is 1.19 bits per heavy atom. The number of benzene rings is 1. The molecule has 0 fully saturated rings. The van der Waals surface area contributed by atoms with Crippen molar-refractivity contribution in [1.29, 1.82) is 0 Å². The fourth-order valence-electron chi connectivity index (χ4n) is 1.90. The molecular weight excluding hydrogens is 330 g/mol. The van der Waals surface area contributed by atoms with E-state index < -0.39 is 0 Å². The number of para-hydroxylation sites is 1. The maximum absolute atomic E-state index is 5.89. The predicted octanol–water partition coefficient (Wildman–Crippen LogP) is 4.39. The summed E-state index contributed by atoms with van der Waals surface area (Å²) in [6.07, 6.45) is 2.27. The molecule has 0 aliphatic rings. The first-order chi connectivity index (χ1) is 10.1. The van der Waals surface area contributed by atoms with Crippen LogP contribution in [0.5, 0.6) is 5.75 Å². The van der Waals surface area contributed by atoms with Gasteiger partial charge in [0.05, 0.1) is 11.1 Å². The molecule has 3 nitrogen and oxygen atoms in total. The summed E-state index contributed by atoms with van der Waals surface area (Å²) in [5, 5.41) is 3.45. The van der Waals surface area contributed by atoms with Crippen LogP contribution >= 0.6 is 15.9 Å². The molecule has 1 rings (SSSR count). The molecule has 0 unspecified atom stereocenters. The van der Waals surface area contributed by atoms with Gasteiger partial charge in [0.1, 0.15) is 12.4 Å². The zero-order valence-electron chi connectivity index (χ0n) is 13.5. The molecule has 0 aromatic heterocycles. The van der Waals surface area contributed by atoms with Gasteiger partial charge in [-0.3, -0.25) is 0 Å². The quantitative estimate of drug-likeness (QED) is 0.595. The van der Waals surface area contributed by atoms with Crippen molar-refractivity contribution in [2.45, 2.75) is 40.2 Å². The standard InChI is InChI=1S/C17H28BrNO2/c1-4-5-9-20-10-11-21-17-15(7-6-8-16(17)18)13-19-12-14(2)3/h6-8,14,19H,4-5,9-13H2,1-3H3. The molecule has 0 spiro atoms. The summed E-state index contributed by atoms with van der Waals surface area (Å²) >= 11 is 3.57. The van der Waals surface area contributed by atoms with E-state index in [1.807, 2.05) is 12.1 Å². The highest BCUT2D eigenvalue weighted by atomic mass is 79.9. The molecule has 0 atom stereocenters. The van der Waals surface area contributed by atoms with Crippen LogP contribution in [-0.2, 0) is 11.3 Å². The van der Waals surface area contributed by atoms with Crippen LogP contribution in [0.3, 0.4) is 0 Å². The first kappa shape index (κ1) is 18.5. The smallest absolute Gasteiger partial charge is 0.138 e. The van der Waals surface area contributed by atoms with Gasteiger partial charge in [-0.05, 0) is 40.9 Å². The second kappa shape index (κ2) is 11.0.